The van der Waals surface area contributed by atoms with Crippen molar-refractivity contribution in [3.05, 3.63) is 15.5 Å². The molecule has 1 aliphatic rings. The minimum absolute atomic E-state index is 0.394. The number of nitrogens with zero attached hydrogens (tertiary/aromatic N) is 1. The first kappa shape index (κ1) is 9.94. The molecule has 0 spiro atoms. The lowest BCUT2D eigenvalue weighted by Crippen LogP contribution is -1.90. The number of rotatable bonds is 2. The maximum absolute atomic E-state index is 5.86. The fourth-order valence-electron chi connectivity index (χ4n) is 1.93. The van der Waals surface area contributed by atoms with Gasteiger partial charge in [0.25, 0.3) is 0 Å². The molecule has 1 saturated carbocycles. The number of hydrogen-bond acceptors (Lipinski definition) is 2. The van der Waals surface area contributed by atoms with E-state index in [0.29, 0.717) is 11.3 Å². The Kier molecular flexibility index (Phi) is 2.45. The van der Waals surface area contributed by atoms with Crippen LogP contribution in [-0.4, -0.2) is 10.3 Å². The summed E-state index contributed by atoms with van der Waals surface area (Å²) >= 11 is 11.0. The molecule has 13 heavy (non-hydrogen) atoms. The third-order valence-corrected chi connectivity index (χ3v) is 4.87. The van der Waals surface area contributed by atoms with Crippen molar-refractivity contribution in [3.8, 4) is 0 Å². The van der Waals surface area contributed by atoms with Crippen molar-refractivity contribution in [3.63, 3.8) is 0 Å². The van der Waals surface area contributed by atoms with Crippen LogP contribution in [0.1, 0.15) is 24.8 Å². The van der Waals surface area contributed by atoms with Crippen molar-refractivity contribution >= 4 is 38.9 Å². The maximum Gasteiger partial charge on any atom is 0.113 e. The van der Waals surface area contributed by atoms with E-state index in [2.05, 4.69) is 34.8 Å². The fraction of sp³-hybridized carbons (Fsp3) is 0.667. The average molecular weight is 281 g/mol. The summed E-state index contributed by atoms with van der Waals surface area (Å²) in [7, 11) is 0. The first-order chi connectivity index (χ1) is 6.07. The molecule has 72 valence electrons. The Balaban J connectivity index is 2.21. The van der Waals surface area contributed by atoms with E-state index in [1.165, 1.54) is 5.01 Å². The largest absolute Gasteiger partial charge is 0.248 e. The van der Waals surface area contributed by atoms with Gasteiger partial charge in [-0.15, -0.1) is 11.3 Å². The molecule has 2 atom stereocenters. The van der Waals surface area contributed by atoms with Crippen molar-refractivity contribution in [1.29, 1.82) is 0 Å². The monoisotopic (exact) mass is 279 g/mol. The van der Waals surface area contributed by atoms with Crippen molar-refractivity contribution in [2.45, 2.75) is 19.8 Å². The van der Waals surface area contributed by atoms with E-state index in [4.69, 9.17) is 11.6 Å². The zero-order valence-corrected chi connectivity index (χ0v) is 10.7. The molecule has 1 aliphatic carbocycles. The summed E-state index contributed by atoms with van der Waals surface area (Å²) in [6, 6.07) is 0. The van der Waals surface area contributed by atoms with E-state index in [1.54, 1.807) is 17.5 Å². The summed E-state index contributed by atoms with van der Waals surface area (Å²) in [4.78, 5) is 4.34. The van der Waals surface area contributed by atoms with Crippen LogP contribution in [0.15, 0.2) is 6.20 Å². The molecule has 1 aromatic rings. The lowest BCUT2D eigenvalue weighted by atomic mass is 10.1. The number of thiazole rings is 1. The Morgan fingerprint density at radius 3 is 2.77 bits per heavy atom. The minimum Gasteiger partial charge on any atom is -0.248 e. The molecule has 0 radical (unpaired) electrons. The molecule has 0 saturated heterocycles. The Bertz CT molecular complexity index is 323. The zero-order valence-electron chi connectivity index (χ0n) is 7.55. The van der Waals surface area contributed by atoms with Gasteiger partial charge < -0.3 is 0 Å². The van der Waals surface area contributed by atoms with Crippen LogP contribution in [0, 0.1) is 11.3 Å². The maximum atomic E-state index is 5.86. The van der Waals surface area contributed by atoms with Gasteiger partial charge in [0.05, 0.1) is 11.2 Å². The highest BCUT2D eigenvalue weighted by molar-refractivity contribution is 9.09. The summed E-state index contributed by atoms with van der Waals surface area (Å²) in [5.74, 6) is 1.32. The van der Waals surface area contributed by atoms with Crippen molar-refractivity contribution < 1.29 is 0 Å². The second-order valence-corrected chi connectivity index (χ2v) is 6.40. The van der Waals surface area contributed by atoms with Gasteiger partial charge in [-0.3, -0.25) is 0 Å². The van der Waals surface area contributed by atoms with Crippen LogP contribution in [-0.2, 0) is 0 Å². The Hall–Kier alpha value is 0.400. The molecule has 1 nitrogen and oxygen atoms in total. The van der Waals surface area contributed by atoms with E-state index < -0.39 is 0 Å². The topological polar surface area (TPSA) is 12.9 Å². The predicted octanol–water partition coefficient (Wildman–Crippen LogP) is 3.93. The SMILES string of the molecule is CC1(C)C(CBr)C1c1ncc(Cl)s1. The minimum atomic E-state index is 0.394. The number of hydrogen-bond donors (Lipinski definition) is 0. The molecule has 0 aliphatic heterocycles. The smallest absolute Gasteiger partial charge is 0.113 e. The number of halogens is 2. The molecule has 4 heteroatoms. The summed E-state index contributed by atoms with van der Waals surface area (Å²) in [5, 5.41) is 2.25. The summed E-state index contributed by atoms with van der Waals surface area (Å²) in [6.45, 7) is 4.58. The molecule has 0 bridgehead atoms. The van der Waals surface area contributed by atoms with E-state index in [9.17, 15) is 0 Å². The summed E-state index contributed by atoms with van der Waals surface area (Å²) < 4.78 is 0.797. The molecule has 0 amide bonds. The summed E-state index contributed by atoms with van der Waals surface area (Å²) in [6.07, 6.45) is 1.75. The van der Waals surface area contributed by atoms with Crippen molar-refractivity contribution in [1.82, 2.24) is 4.98 Å². The highest BCUT2D eigenvalue weighted by atomic mass is 79.9. The van der Waals surface area contributed by atoms with Crippen LogP contribution >= 0.6 is 38.9 Å². The lowest BCUT2D eigenvalue weighted by Gasteiger charge is -1.97. The van der Waals surface area contributed by atoms with Gasteiger partial charge in [0, 0.05) is 11.2 Å². The van der Waals surface area contributed by atoms with Gasteiger partial charge in [0.15, 0.2) is 0 Å². The van der Waals surface area contributed by atoms with Crippen LogP contribution in [0.5, 0.6) is 0 Å². The second-order valence-electron chi connectivity index (χ2n) is 4.06. The van der Waals surface area contributed by atoms with Crippen LogP contribution in [0.4, 0.5) is 0 Å². The quantitative estimate of drug-likeness (QED) is 0.748. The predicted molar refractivity (Wildman–Crippen MR) is 60.9 cm³/mol. The average Bonchev–Trinajstić information content (AvgIpc) is 2.41. The first-order valence-electron chi connectivity index (χ1n) is 4.24. The molecule has 1 heterocycles. The highest BCUT2D eigenvalue weighted by Crippen LogP contribution is 2.65. The van der Waals surface area contributed by atoms with Gasteiger partial charge >= 0.3 is 0 Å². The van der Waals surface area contributed by atoms with Crippen molar-refractivity contribution in [2.75, 3.05) is 5.33 Å². The second kappa shape index (κ2) is 3.21. The van der Waals surface area contributed by atoms with Gasteiger partial charge in [-0.1, -0.05) is 41.4 Å². The normalized spacial score (nSPS) is 30.5. The zero-order chi connectivity index (χ0) is 9.64. The Morgan fingerprint density at radius 1 is 1.69 bits per heavy atom. The molecule has 0 aromatic carbocycles. The summed E-state index contributed by atoms with van der Waals surface area (Å²) in [5.41, 5.74) is 0.394. The van der Waals surface area contributed by atoms with Crippen LogP contribution in [0.2, 0.25) is 4.34 Å². The van der Waals surface area contributed by atoms with E-state index in [1.807, 2.05) is 0 Å². The molecule has 1 fully saturated rings. The Labute approximate surface area is 95.6 Å². The molecular formula is C9H11BrClNS. The fourth-order valence-corrected chi connectivity index (χ4v) is 4.43. The third kappa shape index (κ3) is 1.55. The van der Waals surface area contributed by atoms with Gasteiger partial charge in [-0.05, 0) is 11.3 Å². The standard InChI is InChI=1S/C9H11BrClNS/c1-9(2)5(3-10)7(9)8-12-4-6(11)13-8/h4-5,7H,3H2,1-2H3. The highest BCUT2D eigenvalue weighted by Gasteiger charge is 2.58. The van der Waals surface area contributed by atoms with Crippen LogP contribution < -0.4 is 0 Å². The number of alkyl halides is 1. The van der Waals surface area contributed by atoms with E-state index >= 15 is 0 Å². The number of aromatic nitrogens is 1. The van der Waals surface area contributed by atoms with Crippen LogP contribution in [0.3, 0.4) is 0 Å². The molecule has 2 unspecified atom stereocenters. The van der Waals surface area contributed by atoms with Gasteiger partial charge in [-0.25, -0.2) is 4.98 Å². The molecule has 2 rings (SSSR count). The Morgan fingerprint density at radius 2 is 2.38 bits per heavy atom. The van der Waals surface area contributed by atoms with Gasteiger partial charge in [0.2, 0.25) is 0 Å². The lowest BCUT2D eigenvalue weighted by molar-refractivity contribution is 0.579. The third-order valence-electron chi connectivity index (χ3n) is 2.98. The van der Waals surface area contributed by atoms with E-state index in [0.717, 1.165) is 15.6 Å². The van der Waals surface area contributed by atoms with Crippen molar-refractivity contribution in [2.24, 2.45) is 11.3 Å². The van der Waals surface area contributed by atoms with Crippen LogP contribution in [0.25, 0.3) is 0 Å². The van der Waals surface area contributed by atoms with Gasteiger partial charge in [0.1, 0.15) is 4.34 Å². The first-order valence-corrected chi connectivity index (χ1v) is 6.56. The molecule has 1 aromatic heterocycles. The van der Waals surface area contributed by atoms with Gasteiger partial charge in [-0.2, -0.15) is 0 Å². The molecule has 0 N–H and O–H groups in total. The molecular weight excluding hydrogens is 270 g/mol. The van der Waals surface area contributed by atoms with E-state index in [-0.39, 0.29) is 0 Å².